The molecule has 1 aromatic carbocycles. The minimum atomic E-state index is -0.324. The number of hydrogen-bond donors (Lipinski definition) is 1. The van der Waals surface area contributed by atoms with E-state index in [0.717, 1.165) is 10.5 Å². The summed E-state index contributed by atoms with van der Waals surface area (Å²) in [6.45, 7) is 2.01. The molecule has 20 heavy (non-hydrogen) atoms. The molecule has 0 radical (unpaired) electrons. The average Bonchev–Trinajstić information content (AvgIpc) is 3.02. The van der Waals surface area contributed by atoms with Gasteiger partial charge in [0.2, 0.25) is 17.8 Å². The highest BCUT2D eigenvalue weighted by atomic mass is 16.2. The lowest BCUT2D eigenvalue weighted by Gasteiger charge is -2.11. The number of aryl methyl sites for hydroxylation is 1. The number of H-pyrrole nitrogens is 1. The number of aromatic nitrogens is 3. The molecule has 1 saturated heterocycles. The lowest BCUT2D eigenvalue weighted by Crippen LogP contribution is -2.31. The Labute approximate surface area is 115 Å². The van der Waals surface area contributed by atoms with Gasteiger partial charge in [-0.3, -0.25) is 9.59 Å². The SMILES string of the molecule is Cc1ccc(CC2CC(=O)N(c3ncn[nH]3)C2=O)cc1. The van der Waals surface area contributed by atoms with Crippen molar-refractivity contribution in [2.24, 2.45) is 5.92 Å². The van der Waals surface area contributed by atoms with E-state index in [-0.39, 0.29) is 30.1 Å². The molecule has 1 aromatic heterocycles. The molecule has 0 bridgehead atoms. The number of nitrogens with one attached hydrogen (secondary N) is 1. The normalized spacial score (nSPS) is 18.9. The van der Waals surface area contributed by atoms with Crippen molar-refractivity contribution < 1.29 is 9.59 Å². The summed E-state index contributed by atoms with van der Waals surface area (Å²) in [7, 11) is 0. The van der Waals surface area contributed by atoms with Gasteiger partial charge in [-0.25, -0.2) is 10.00 Å². The van der Waals surface area contributed by atoms with Gasteiger partial charge in [-0.15, -0.1) is 0 Å². The van der Waals surface area contributed by atoms with Crippen LogP contribution in [0.5, 0.6) is 0 Å². The number of amides is 2. The number of anilines is 1. The molecule has 2 amide bonds. The smallest absolute Gasteiger partial charge is 0.240 e. The fraction of sp³-hybridized carbons (Fsp3) is 0.286. The molecule has 2 aromatic rings. The van der Waals surface area contributed by atoms with Gasteiger partial charge < -0.3 is 0 Å². The highest BCUT2D eigenvalue weighted by molar-refractivity contribution is 6.19. The minimum Gasteiger partial charge on any atom is -0.274 e. The third kappa shape index (κ3) is 2.20. The van der Waals surface area contributed by atoms with Gasteiger partial charge in [0.25, 0.3) is 0 Å². The number of carbonyl (C=O) groups excluding carboxylic acids is 2. The lowest BCUT2D eigenvalue weighted by molar-refractivity contribution is -0.122. The van der Waals surface area contributed by atoms with E-state index in [1.807, 2.05) is 31.2 Å². The van der Waals surface area contributed by atoms with Crippen LogP contribution in [-0.4, -0.2) is 27.0 Å². The molecule has 6 nitrogen and oxygen atoms in total. The summed E-state index contributed by atoms with van der Waals surface area (Å²) in [5.41, 5.74) is 2.23. The molecule has 0 aliphatic carbocycles. The predicted octanol–water partition coefficient (Wildman–Crippen LogP) is 1.24. The highest BCUT2D eigenvalue weighted by Crippen LogP contribution is 2.26. The van der Waals surface area contributed by atoms with Gasteiger partial charge in [-0.05, 0) is 18.9 Å². The summed E-state index contributed by atoms with van der Waals surface area (Å²) in [4.78, 5) is 29.2. The van der Waals surface area contributed by atoms with Crippen molar-refractivity contribution in [1.29, 1.82) is 0 Å². The summed E-state index contributed by atoms with van der Waals surface area (Å²) >= 11 is 0. The van der Waals surface area contributed by atoms with Crippen LogP contribution in [0.1, 0.15) is 17.5 Å². The molecule has 1 aliphatic rings. The standard InChI is InChI=1S/C14H14N4O2/c1-9-2-4-10(5-3-9)6-11-7-12(19)18(13(11)20)14-15-8-16-17-14/h2-5,8,11H,6-7H2,1H3,(H,15,16,17). The van der Waals surface area contributed by atoms with Crippen molar-refractivity contribution in [3.05, 3.63) is 41.7 Å². The van der Waals surface area contributed by atoms with Crippen LogP contribution in [0.2, 0.25) is 0 Å². The molecule has 1 aliphatic heterocycles. The molecular formula is C14H14N4O2. The maximum Gasteiger partial charge on any atom is 0.240 e. The van der Waals surface area contributed by atoms with E-state index in [4.69, 9.17) is 0 Å². The van der Waals surface area contributed by atoms with Gasteiger partial charge in [-0.1, -0.05) is 29.8 Å². The maximum absolute atomic E-state index is 12.3. The zero-order valence-electron chi connectivity index (χ0n) is 11.0. The Morgan fingerprint density at radius 3 is 2.70 bits per heavy atom. The topological polar surface area (TPSA) is 79.0 Å². The van der Waals surface area contributed by atoms with Gasteiger partial charge in [0, 0.05) is 6.42 Å². The zero-order chi connectivity index (χ0) is 14.1. The molecule has 1 fully saturated rings. The zero-order valence-corrected chi connectivity index (χ0v) is 11.0. The molecule has 3 rings (SSSR count). The van der Waals surface area contributed by atoms with Crippen molar-refractivity contribution in [2.75, 3.05) is 4.90 Å². The predicted molar refractivity (Wildman–Crippen MR) is 71.9 cm³/mol. The third-order valence-electron chi connectivity index (χ3n) is 3.46. The summed E-state index contributed by atoms with van der Waals surface area (Å²) in [6.07, 6.45) is 2.06. The summed E-state index contributed by atoms with van der Waals surface area (Å²) in [6, 6.07) is 7.99. The molecular weight excluding hydrogens is 256 g/mol. The quantitative estimate of drug-likeness (QED) is 0.851. The number of rotatable bonds is 3. The highest BCUT2D eigenvalue weighted by Gasteiger charge is 2.40. The van der Waals surface area contributed by atoms with Crippen LogP contribution in [-0.2, 0) is 16.0 Å². The molecule has 0 saturated carbocycles. The van der Waals surface area contributed by atoms with Gasteiger partial charge in [0.15, 0.2) is 0 Å². The van der Waals surface area contributed by atoms with Gasteiger partial charge >= 0.3 is 0 Å². The van der Waals surface area contributed by atoms with E-state index in [1.54, 1.807) is 0 Å². The first-order valence-corrected chi connectivity index (χ1v) is 6.43. The van der Waals surface area contributed by atoms with Crippen LogP contribution in [0.25, 0.3) is 0 Å². The molecule has 1 atom stereocenters. The van der Waals surface area contributed by atoms with E-state index >= 15 is 0 Å². The Bertz CT molecular complexity index is 634. The Hall–Kier alpha value is -2.50. The summed E-state index contributed by atoms with van der Waals surface area (Å²) in [5.74, 6) is -0.571. The van der Waals surface area contributed by atoms with Crippen LogP contribution in [0.4, 0.5) is 5.95 Å². The molecule has 6 heteroatoms. The maximum atomic E-state index is 12.3. The number of nitrogens with zero attached hydrogens (tertiary/aromatic N) is 3. The van der Waals surface area contributed by atoms with E-state index < -0.39 is 0 Å². The average molecular weight is 270 g/mol. The van der Waals surface area contributed by atoms with Crippen molar-refractivity contribution in [2.45, 2.75) is 19.8 Å². The van der Waals surface area contributed by atoms with E-state index in [0.29, 0.717) is 6.42 Å². The molecule has 102 valence electrons. The second-order valence-electron chi connectivity index (χ2n) is 4.97. The Morgan fingerprint density at radius 1 is 1.30 bits per heavy atom. The number of hydrogen-bond acceptors (Lipinski definition) is 4. The van der Waals surface area contributed by atoms with Crippen molar-refractivity contribution in [3.63, 3.8) is 0 Å². The lowest BCUT2D eigenvalue weighted by atomic mass is 9.97. The largest absolute Gasteiger partial charge is 0.274 e. The number of benzene rings is 1. The Kier molecular flexibility index (Phi) is 3.06. The number of aromatic amines is 1. The van der Waals surface area contributed by atoms with Gasteiger partial charge in [-0.2, -0.15) is 10.1 Å². The first-order valence-electron chi connectivity index (χ1n) is 6.43. The first-order chi connectivity index (χ1) is 9.65. The van der Waals surface area contributed by atoms with E-state index in [9.17, 15) is 9.59 Å². The first kappa shape index (κ1) is 12.5. The minimum absolute atomic E-state index is 0.200. The summed E-state index contributed by atoms with van der Waals surface area (Å²) < 4.78 is 0. The molecule has 0 spiro atoms. The van der Waals surface area contributed by atoms with Crippen molar-refractivity contribution >= 4 is 17.8 Å². The molecule has 2 heterocycles. The molecule has 1 N–H and O–H groups in total. The van der Waals surface area contributed by atoms with E-state index in [2.05, 4.69) is 15.2 Å². The van der Waals surface area contributed by atoms with Crippen molar-refractivity contribution in [1.82, 2.24) is 15.2 Å². The monoisotopic (exact) mass is 270 g/mol. The van der Waals surface area contributed by atoms with E-state index in [1.165, 1.54) is 11.9 Å². The van der Waals surface area contributed by atoms with Crippen LogP contribution in [0.3, 0.4) is 0 Å². The third-order valence-corrected chi connectivity index (χ3v) is 3.46. The molecule has 1 unspecified atom stereocenters. The Morgan fingerprint density at radius 2 is 2.05 bits per heavy atom. The van der Waals surface area contributed by atoms with Gasteiger partial charge in [0.1, 0.15) is 6.33 Å². The second-order valence-corrected chi connectivity index (χ2v) is 4.97. The second kappa shape index (κ2) is 4.88. The van der Waals surface area contributed by atoms with Crippen molar-refractivity contribution in [3.8, 4) is 0 Å². The fourth-order valence-corrected chi connectivity index (χ4v) is 2.39. The number of imide groups is 1. The fourth-order valence-electron chi connectivity index (χ4n) is 2.39. The van der Waals surface area contributed by atoms with Crippen LogP contribution in [0.15, 0.2) is 30.6 Å². The van der Waals surface area contributed by atoms with Gasteiger partial charge in [0.05, 0.1) is 5.92 Å². The van der Waals surface area contributed by atoms with Crippen LogP contribution in [0, 0.1) is 12.8 Å². The summed E-state index contributed by atoms with van der Waals surface area (Å²) in [5, 5.41) is 6.23. The number of carbonyl (C=O) groups is 2. The van der Waals surface area contributed by atoms with Crippen LogP contribution >= 0.6 is 0 Å². The van der Waals surface area contributed by atoms with Crippen LogP contribution < -0.4 is 4.90 Å². The Balaban J connectivity index is 1.78.